The molecule has 1 saturated carbocycles. The molecule has 2 unspecified atom stereocenters. The van der Waals surface area contributed by atoms with E-state index in [2.05, 4.69) is 50.4 Å². The van der Waals surface area contributed by atoms with Crippen molar-refractivity contribution in [2.24, 2.45) is 5.92 Å². The molecular formula is C16H25N. The minimum atomic E-state index is 0.675. The zero-order valence-electron chi connectivity index (χ0n) is 11.4. The summed E-state index contributed by atoms with van der Waals surface area (Å²) in [4.78, 5) is 0. The minimum absolute atomic E-state index is 0.675. The molecule has 94 valence electrons. The quantitative estimate of drug-likeness (QED) is 0.741. The van der Waals surface area contributed by atoms with Gasteiger partial charge in [-0.25, -0.2) is 0 Å². The van der Waals surface area contributed by atoms with E-state index in [1.54, 1.807) is 0 Å². The van der Waals surface area contributed by atoms with Crippen LogP contribution in [0, 0.1) is 5.92 Å². The fourth-order valence-corrected chi connectivity index (χ4v) is 2.41. The van der Waals surface area contributed by atoms with Crippen LogP contribution in [0.25, 0.3) is 0 Å². The second-order valence-corrected chi connectivity index (χ2v) is 5.43. The van der Waals surface area contributed by atoms with Crippen molar-refractivity contribution in [3.05, 3.63) is 29.8 Å². The molecule has 1 N–H and O–H groups in total. The van der Waals surface area contributed by atoms with Gasteiger partial charge < -0.3 is 5.32 Å². The van der Waals surface area contributed by atoms with Gasteiger partial charge in [-0.05, 0) is 55.2 Å². The van der Waals surface area contributed by atoms with Crippen LogP contribution in [-0.2, 0) is 0 Å². The number of nitrogens with one attached hydrogen (secondary N) is 1. The summed E-state index contributed by atoms with van der Waals surface area (Å²) in [5, 5.41) is 3.67. The number of hydrogen-bond donors (Lipinski definition) is 1. The van der Waals surface area contributed by atoms with Crippen LogP contribution in [0.5, 0.6) is 0 Å². The van der Waals surface area contributed by atoms with Crippen LogP contribution in [0.15, 0.2) is 24.3 Å². The number of benzene rings is 1. The van der Waals surface area contributed by atoms with E-state index in [0.717, 1.165) is 5.92 Å². The van der Waals surface area contributed by atoms with Crippen LogP contribution in [0.2, 0.25) is 0 Å². The lowest BCUT2D eigenvalue weighted by atomic mass is 9.98. The Morgan fingerprint density at radius 1 is 1.12 bits per heavy atom. The van der Waals surface area contributed by atoms with E-state index in [0.29, 0.717) is 12.0 Å². The average molecular weight is 231 g/mol. The van der Waals surface area contributed by atoms with Crippen molar-refractivity contribution in [3.63, 3.8) is 0 Å². The van der Waals surface area contributed by atoms with Gasteiger partial charge in [-0.3, -0.25) is 0 Å². The molecule has 1 nitrogen and oxygen atoms in total. The standard InChI is InChI=1S/C16H25N/c1-4-12(3)13-8-10-15(11-9-13)17-16(5-2)14-6-7-14/h8-12,14,16-17H,4-7H2,1-3H3. The van der Waals surface area contributed by atoms with Gasteiger partial charge in [0.1, 0.15) is 0 Å². The summed E-state index contributed by atoms with van der Waals surface area (Å²) in [7, 11) is 0. The largest absolute Gasteiger partial charge is 0.382 e. The van der Waals surface area contributed by atoms with E-state index < -0.39 is 0 Å². The third-order valence-electron chi connectivity index (χ3n) is 4.08. The second-order valence-electron chi connectivity index (χ2n) is 5.43. The van der Waals surface area contributed by atoms with Gasteiger partial charge in [0.2, 0.25) is 0 Å². The van der Waals surface area contributed by atoms with Gasteiger partial charge in [0, 0.05) is 11.7 Å². The molecule has 0 aliphatic heterocycles. The van der Waals surface area contributed by atoms with Gasteiger partial charge in [-0.1, -0.05) is 32.9 Å². The predicted octanol–water partition coefficient (Wildman–Crippen LogP) is 4.80. The molecule has 0 heterocycles. The van der Waals surface area contributed by atoms with Crippen molar-refractivity contribution in [1.29, 1.82) is 0 Å². The van der Waals surface area contributed by atoms with E-state index in [4.69, 9.17) is 0 Å². The summed E-state index contributed by atoms with van der Waals surface area (Å²) in [6.45, 7) is 6.82. The van der Waals surface area contributed by atoms with E-state index >= 15 is 0 Å². The van der Waals surface area contributed by atoms with E-state index in [1.807, 2.05) is 0 Å². The van der Waals surface area contributed by atoms with Crippen molar-refractivity contribution < 1.29 is 0 Å². The molecule has 17 heavy (non-hydrogen) atoms. The summed E-state index contributed by atoms with van der Waals surface area (Å²) in [6.07, 6.45) is 5.27. The maximum absolute atomic E-state index is 3.67. The molecular weight excluding hydrogens is 206 g/mol. The normalized spacial score (nSPS) is 18.8. The monoisotopic (exact) mass is 231 g/mol. The molecule has 0 spiro atoms. The highest BCUT2D eigenvalue weighted by molar-refractivity contribution is 5.46. The highest BCUT2D eigenvalue weighted by Crippen LogP contribution is 2.35. The second kappa shape index (κ2) is 5.57. The lowest BCUT2D eigenvalue weighted by Crippen LogP contribution is -2.20. The van der Waals surface area contributed by atoms with Crippen molar-refractivity contribution in [2.75, 3.05) is 5.32 Å². The summed E-state index contributed by atoms with van der Waals surface area (Å²) in [5.41, 5.74) is 2.74. The first kappa shape index (κ1) is 12.5. The summed E-state index contributed by atoms with van der Waals surface area (Å²) < 4.78 is 0. The number of hydrogen-bond acceptors (Lipinski definition) is 1. The first-order chi connectivity index (χ1) is 8.24. The molecule has 1 aliphatic rings. The highest BCUT2D eigenvalue weighted by atomic mass is 14.9. The molecule has 0 radical (unpaired) electrons. The van der Waals surface area contributed by atoms with Crippen LogP contribution in [0.3, 0.4) is 0 Å². The van der Waals surface area contributed by atoms with Gasteiger partial charge in [-0.2, -0.15) is 0 Å². The average Bonchev–Trinajstić information content (AvgIpc) is 3.20. The molecule has 1 aliphatic carbocycles. The van der Waals surface area contributed by atoms with Gasteiger partial charge in [0.15, 0.2) is 0 Å². The lowest BCUT2D eigenvalue weighted by Gasteiger charge is -2.18. The molecule has 2 rings (SSSR count). The van der Waals surface area contributed by atoms with Crippen LogP contribution in [-0.4, -0.2) is 6.04 Å². The summed E-state index contributed by atoms with van der Waals surface area (Å²) >= 11 is 0. The maximum Gasteiger partial charge on any atom is 0.0342 e. The molecule has 2 atom stereocenters. The third kappa shape index (κ3) is 3.24. The molecule has 1 aromatic carbocycles. The fraction of sp³-hybridized carbons (Fsp3) is 0.625. The topological polar surface area (TPSA) is 12.0 Å². The zero-order valence-corrected chi connectivity index (χ0v) is 11.4. The van der Waals surface area contributed by atoms with Crippen molar-refractivity contribution in [2.45, 2.75) is 58.4 Å². The van der Waals surface area contributed by atoms with Crippen molar-refractivity contribution >= 4 is 5.69 Å². The highest BCUT2D eigenvalue weighted by Gasteiger charge is 2.29. The first-order valence-electron chi connectivity index (χ1n) is 7.11. The Bertz CT molecular complexity index is 337. The molecule has 0 amide bonds. The van der Waals surface area contributed by atoms with Gasteiger partial charge in [-0.15, -0.1) is 0 Å². The van der Waals surface area contributed by atoms with Crippen LogP contribution in [0.4, 0.5) is 5.69 Å². The van der Waals surface area contributed by atoms with Crippen molar-refractivity contribution in [3.8, 4) is 0 Å². The Hall–Kier alpha value is -0.980. The van der Waals surface area contributed by atoms with Gasteiger partial charge >= 0.3 is 0 Å². The Morgan fingerprint density at radius 3 is 2.24 bits per heavy atom. The lowest BCUT2D eigenvalue weighted by molar-refractivity contribution is 0.616. The fourth-order valence-electron chi connectivity index (χ4n) is 2.41. The molecule has 0 saturated heterocycles. The maximum atomic E-state index is 3.67. The number of rotatable bonds is 6. The minimum Gasteiger partial charge on any atom is -0.382 e. The molecule has 1 fully saturated rings. The predicted molar refractivity (Wildman–Crippen MR) is 75.6 cm³/mol. The zero-order chi connectivity index (χ0) is 12.3. The van der Waals surface area contributed by atoms with Crippen molar-refractivity contribution in [1.82, 2.24) is 0 Å². The van der Waals surface area contributed by atoms with Crippen LogP contribution < -0.4 is 5.32 Å². The van der Waals surface area contributed by atoms with Crippen LogP contribution in [0.1, 0.15) is 57.9 Å². The Morgan fingerprint density at radius 2 is 1.76 bits per heavy atom. The van der Waals surface area contributed by atoms with Gasteiger partial charge in [0.25, 0.3) is 0 Å². The molecule has 0 bridgehead atoms. The summed E-state index contributed by atoms with van der Waals surface area (Å²) in [6, 6.07) is 9.72. The summed E-state index contributed by atoms with van der Waals surface area (Å²) in [5.74, 6) is 1.60. The smallest absolute Gasteiger partial charge is 0.0342 e. The van der Waals surface area contributed by atoms with E-state index in [-0.39, 0.29) is 0 Å². The third-order valence-corrected chi connectivity index (χ3v) is 4.08. The number of anilines is 1. The Labute approximate surface area is 106 Å². The van der Waals surface area contributed by atoms with Crippen LogP contribution >= 0.6 is 0 Å². The SMILES string of the molecule is CCC(C)c1ccc(NC(CC)C2CC2)cc1. The Balaban J connectivity index is 1.97. The molecule has 1 aromatic rings. The molecule has 1 heteroatoms. The Kier molecular flexibility index (Phi) is 4.09. The van der Waals surface area contributed by atoms with E-state index in [1.165, 1.54) is 36.9 Å². The molecule has 0 aromatic heterocycles. The van der Waals surface area contributed by atoms with E-state index in [9.17, 15) is 0 Å². The first-order valence-corrected chi connectivity index (χ1v) is 7.11. The van der Waals surface area contributed by atoms with Gasteiger partial charge in [0.05, 0.1) is 0 Å².